The van der Waals surface area contributed by atoms with Gasteiger partial charge in [-0.1, -0.05) is 12.1 Å². The van der Waals surface area contributed by atoms with Crippen molar-refractivity contribution in [3.05, 3.63) is 59.4 Å². The number of benzene rings is 1. The number of phenolic OH excluding ortho intramolecular Hbond substituents is 1. The summed E-state index contributed by atoms with van der Waals surface area (Å²) in [5, 5.41) is 13.5. The van der Waals surface area contributed by atoms with Crippen LogP contribution in [0.3, 0.4) is 0 Å². The van der Waals surface area contributed by atoms with Crippen molar-refractivity contribution in [3.8, 4) is 5.75 Å². The molecule has 1 aromatic carbocycles. The molecule has 0 saturated heterocycles. The molecule has 19 heavy (non-hydrogen) atoms. The summed E-state index contributed by atoms with van der Waals surface area (Å²) in [7, 11) is 0. The fourth-order valence-electron chi connectivity index (χ4n) is 2.23. The number of nitrogens with zero attached hydrogens (tertiary/aromatic N) is 1. The van der Waals surface area contributed by atoms with Crippen LogP contribution in [0.2, 0.25) is 0 Å². The first-order chi connectivity index (χ1) is 9.08. The minimum absolute atomic E-state index is 0.0868. The first kappa shape index (κ1) is 13.6. The molecule has 0 fully saturated rings. The molecule has 100 valence electrons. The second-order valence-electron chi connectivity index (χ2n) is 4.95. The van der Waals surface area contributed by atoms with E-state index in [4.69, 9.17) is 0 Å². The van der Waals surface area contributed by atoms with Gasteiger partial charge >= 0.3 is 0 Å². The lowest BCUT2D eigenvalue weighted by molar-refractivity contribution is 0.438. The van der Waals surface area contributed by atoms with Gasteiger partial charge < -0.3 is 10.4 Å². The quantitative estimate of drug-likeness (QED) is 0.880. The number of pyridine rings is 1. The largest absolute Gasteiger partial charge is 0.508 e. The molecule has 2 rings (SSSR count). The summed E-state index contributed by atoms with van der Waals surface area (Å²) in [6, 6.07) is 10.1. The molecule has 3 nitrogen and oxygen atoms in total. The molecule has 0 saturated carbocycles. The van der Waals surface area contributed by atoms with Crippen LogP contribution in [0, 0.1) is 6.92 Å². The van der Waals surface area contributed by atoms with E-state index in [0.29, 0.717) is 5.75 Å². The Labute approximate surface area is 114 Å². The zero-order valence-corrected chi connectivity index (χ0v) is 11.6. The summed E-state index contributed by atoms with van der Waals surface area (Å²) in [6.45, 7) is 6.14. The zero-order chi connectivity index (χ0) is 13.8. The van der Waals surface area contributed by atoms with E-state index >= 15 is 0 Å². The molecule has 1 heterocycles. The average Bonchev–Trinajstić information content (AvgIpc) is 2.39. The lowest BCUT2D eigenvalue weighted by Crippen LogP contribution is -2.22. The smallest absolute Gasteiger partial charge is 0.120 e. The number of aryl methyl sites for hydroxylation is 1. The number of aromatic nitrogens is 1. The molecule has 1 unspecified atom stereocenters. The number of rotatable bonds is 4. The summed E-state index contributed by atoms with van der Waals surface area (Å²) in [5.74, 6) is 0.349. The highest BCUT2D eigenvalue weighted by Gasteiger charge is 2.13. The number of phenols is 1. The van der Waals surface area contributed by atoms with Crippen LogP contribution < -0.4 is 5.32 Å². The second kappa shape index (κ2) is 5.85. The van der Waals surface area contributed by atoms with Gasteiger partial charge in [-0.3, -0.25) is 4.98 Å². The van der Waals surface area contributed by atoms with Gasteiger partial charge in [-0.25, -0.2) is 0 Å². The molecule has 0 spiro atoms. The normalized spacial score (nSPS) is 14.1. The van der Waals surface area contributed by atoms with E-state index in [1.807, 2.05) is 31.2 Å². The van der Waals surface area contributed by atoms with Crippen molar-refractivity contribution in [1.29, 1.82) is 0 Å². The van der Waals surface area contributed by atoms with Crippen molar-refractivity contribution in [2.24, 2.45) is 0 Å². The third-order valence-corrected chi connectivity index (χ3v) is 3.36. The van der Waals surface area contributed by atoms with Gasteiger partial charge in [0.15, 0.2) is 0 Å². The van der Waals surface area contributed by atoms with Gasteiger partial charge in [0.25, 0.3) is 0 Å². The van der Waals surface area contributed by atoms with Crippen LogP contribution in [0.4, 0.5) is 0 Å². The summed E-state index contributed by atoms with van der Waals surface area (Å²) in [4.78, 5) is 4.02. The zero-order valence-electron chi connectivity index (χ0n) is 11.6. The monoisotopic (exact) mass is 256 g/mol. The second-order valence-corrected chi connectivity index (χ2v) is 4.95. The highest BCUT2D eigenvalue weighted by molar-refractivity contribution is 5.38. The van der Waals surface area contributed by atoms with E-state index in [1.165, 1.54) is 5.56 Å². The summed E-state index contributed by atoms with van der Waals surface area (Å²) < 4.78 is 0. The van der Waals surface area contributed by atoms with Crippen LogP contribution in [-0.4, -0.2) is 10.1 Å². The third-order valence-electron chi connectivity index (χ3n) is 3.36. The Balaban J connectivity index is 2.10. The Morgan fingerprint density at radius 3 is 2.37 bits per heavy atom. The fraction of sp³-hybridized carbons (Fsp3) is 0.312. The molecule has 0 amide bonds. The van der Waals surface area contributed by atoms with E-state index in [-0.39, 0.29) is 12.1 Å². The molecule has 0 aliphatic heterocycles. The van der Waals surface area contributed by atoms with E-state index < -0.39 is 0 Å². The van der Waals surface area contributed by atoms with Crippen molar-refractivity contribution < 1.29 is 5.11 Å². The predicted octanol–water partition coefficient (Wildman–Crippen LogP) is 3.51. The van der Waals surface area contributed by atoms with Crippen molar-refractivity contribution >= 4 is 0 Å². The van der Waals surface area contributed by atoms with Crippen molar-refractivity contribution in [2.45, 2.75) is 32.9 Å². The summed E-state index contributed by atoms with van der Waals surface area (Å²) in [5.41, 5.74) is 3.18. The standard InChI is InChI=1S/C16H20N2O/c1-11-4-5-15(16(19)10-11)13(3)18-12(2)14-6-8-17-9-7-14/h4-10,12-13,18-19H,1-3H3/t12-,13?/m1/s1. The number of aromatic hydroxyl groups is 1. The van der Waals surface area contributed by atoms with Crippen LogP contribution in [0.15, 0.2) is 42.7 Å². The summed E-state index contributed by atoms with van der Waals surface area (Å²) in [6.07, 6.45) is 3.59. The minimum atomic E-state index is 0.0868. The molecular weight excluding hydrogens is 236 g/mol. The van der Waals surface area contributed by atoms with Crippen LogP contribution >= 0.6 is 0 Å². The van der Waals surface area contributed by atoms with Gasteiger partial charge in [-0.2, -0.15) is 0 Å². The Hall–Kier alpha value is -1.87. The minimum Gasteiger partial charge on any atom is -0.508 e. The van der Waals surface area contributed by atoms with E-state index in [2.05, 4.69) is 24.1 Å². The average molecular weight is 256 g/mol. The highest BCUT2D eigenvalue weighted by atomic mass is 16.3. The highest BCUT2D eigenvalue weighted by Crippen LogP contribution is 2.27. The number of hydrogen-bond donors (Lipinski definition) is 2. The third kappa shape index (κ3) is 3.32. The van der Waals surface area contributed by atoms with Crippen molar-refractivity contribution in [1.82, 2.24) is 10.3 Å². The number of nitrogens with one attached hydrogen (secondary N) is 1. The van der Waals surface area contributed by atoms with Crippen LogP contribution in [-0.2, 0) is 0 Å². The maximum Gasteiger partial charge on any atom is 0.120 e. The predicted molar refractivity (Wildman–Crippen MR) is 77.0 cm³/mol. The lowest BCUT2D eigenvalue weighted by Gasteiger charge is -2.21. The Kier molecular flexibility index (Phi) is 4.17. The molecule has 0 bridgehead atoms. The molecule has 0 aliphatic rings. The van der Waals surface area contributed by atoms with E-state index in [1.54, 1.807) is 18.5 Å². The maximum atomic E-state index is 10.00. The molecule has 0 aliphatic carbocycles. The Morgan fingerprint density at radius 2 is 1.74 bits per heavy atom. The van der Waals surface area contributed by atoms with Gasteiger partial charge in [0.05, 0.1) is 0 Å². The van der Waals surface area contributed by atoms with E-state index in [9.17, 15) is 5.11 Å². The Morgan fingerprint density at radius 1 is 1.05 bits per heavy atom. The van der Waals surface area contributed by atoms with Crippen LogP contribution in [0.5, 0.6) is 5.75 Å². The lowest BCUT2D eigenvalue weighted by atomic mass is 10.0. The molecular formula is C16H20N2O. The molecule has 3 heteroatoms. The van der Waals surface area contributed by atoms with Crippen LogP contribution in [0.25, 0.3) is 0 Å². The van der Waals surface area contributed by atoms with Gasteiger partial charge in [0.1, 0.15) is 5.75 Å². The van der Waals surface area contributed by atoms with Gasteiger partial charge in [-0.15, -0.1) is 0 Å². The van der Waals surface area contributed by atoms with Crippen molar-refractivity contribution in [3.63, 3.8) is 0 Å². The van der Waals surface area contributed by atoms with Crippen molar-refractivity contribution in [2.75, 3.05) is 0 Å². The molecule has 2 N–H and O–H groups in total. The maximum absolute atomic E-state index is 10.00. The first-order valence-electron chi connectivity index (χ1n) is 6.53. The molecule has 0 radical (unpaired) electrons. The van der Waals surface area contributed by atoms with Gasteiger partial charge in [0.2, 0.25) is 0 Å². The van der Waals surface area contributed by atoms with E-state index in [0.717, 1.165) is 11.1 Å². The Bertz CT molecular complexity index is 540. The van der Waals surface area contributed by atoms with Gasteiger partial charge in [-0.05, 0) is 50.1 Å². The molecule has 2 atom stereocenters. The summed E-state index contributed by atoms with van der Waals surface area (Å²) >= 11 is 0. The first-order valence-corrected chi connectivity index (χ1v) is 6.53. The topological polar surface area (TPSA) is 45.2 Å². The molecule has 2 aromatic rings. The number of hydrogen-bond acceptors (Lipinski definition) is 3. The SMILES string of the molecule is Cc1ccc(C(C)N[C@H](C)c2ccncc2)c(O)c1. The molecule has 1 aromatic heterocycles. The van der Waals surface area contributed by atoms with Gasteiger partial charge in [0, 0.05) is 30.0 Å². The van der Waals surface area contributed by atoms with Crippen LogP contribution in [0.1, 0.15) is 42.6 Å². The fourth-order valence-corrected chi connectivity index (χ4v) is 2.23.